The van der Waals surface area contributed by atoms with Gasteiger partial charge in [-0.2, -0.15) is 0 Å². The zero-order valence-electron chi connectivity index (χ0n) is 16.4. The summed E-state index contributed by atoms with van der Waals surface area (Å²) in [6.07, 6.45) is 0.613. The van der Waals surface area contributed by atoms with Crippen molar-refractivity contribution in [2.75, 3.05) is 38.1 Å². The zero-order chi connectivity index (χ0) is 20.9. The lowest BCUT2D eigenvalue weighted by atomic mass is 9.67. The van der Waals surface area contributed by atoms with E-state index in [1.54, 1.807) is 6.07 Å². The molecular formula is C19H24N5O5+. The molecule has 1 spiro atoms. The summed E-state index contributed by atoms with van der Waals surface area (Å²) in [4.78, 5) is 54.2. The Balaban J connectivity index is 1.88. The Morgan fingerprint density at radius 3 is 2.79 bits per heavy atom. The van der Waals surface area contributed by atoms with Gasteiger partial charge < -0.3 is 9.80 Å². The molecule has 0 saturated carbocycles. The third kappa shape index (κ3) is 2.78. The first kappa shape index (κ1) is 19.3. The molecule has 3 aliphatic rings. The van der Waals surface area contributed by atoms with Gasteiger partial charge in [0.15, 0.2) is 5.41 Å². The van der Waals surface area contributed by atoms with E-state index in [1.165, 1.54) is 17.0 Å². The van der Waals surface area contributed by atoms with Crippen molar-refractivity contribution in [3.63, 3.8) is 0 Å². The predicted octanol–water partition coefficient (Wildman–Crippen LogP) is -0.671. The van der Waals surface area contributed by atoms with E-state index in [-0.39, 0.29) is 18.7 Å². The highest BCUT2D eigenvalue weighted by Gasteiger charge is 2.63. The van der Waals surface area contributed by atoms with Gasteiger partial charge >= 0.3 is 6.03 Å². The van der Waals surface area contributed by atoms with Crippen LogP contribution in [0.5, 0.6) is 0 Å². The lowest BCUT2D eigenvalue weighted by Gasteiger charge is -2.53. The van der Waals surface area contributed by atoms with Gasteiger partial charge in [-0.1, -0.05) is 6.92 Å². The van der Waals surface area contributed by atoms with Crippen LogP contribution in [-0.4, -0.2) is 66.9 Å². The molecule has 4 amide bonds. The Hall–Kier alpha value is -3.01. The minimum atomic E-state index is -1.48. The summed E-state index contributed by atoms with van der Waals surface area (Å²) in [7, 11) is 2.01. The summed E-state index contributed by atoms with van der Waals surface area (Å²) < 4.78 is 0. The van der Waals surface area contributed by atoms with E-state index in [4.69, 9.17) is 0 Å². The lowest BCUT2D eigenvalue weighted by molar-refractivity contribution is -0.883. The number of hydrogen-bond donors (Lipinski definition) is 2. The number of rotatable bonds is 3. The molecule has 2 saturated heterocycles. The molecule has 2 fully saturated rings. The number of non-ortho nitro benzene ring substituents is 1. The van der Waals surface area contributed by atoms with Crippen molar-refractivity contribution in [3.8, 4) is 0 Å². The highest BCUT2D eigenvalue weighted by molar-refractivity contribution is 6.20. The monoisotopic (exact) mass is 402 g/mol. The predicted molar refractivity (Wildman–Crippen MR) is 103 cm³/mol. The minimum Gasteiger partial charge on any atom is -0.355 e. The number of anilines is 1. The fourth-order valence-electron chi connectivity index (χ4n) is 4.85. The number of nitro groups is 1. The minimum absolute atomic E-state index is 0.0383. The Morgan fingerprint density at radius 1 is 1.34 bits per heavy atom. The van der Waals surface area contributed by atoms with Crippen LogP contribution in [0.1, 0.15) is 18.9 Å². The highest BCUT2D eigenvalue weighted by atomic mass is 16.6. The number of carbonyl (C=O) groups is 3. The van der Waals surface area contributed by atoms with Crippen LogP contribution in [-0.2, 0) is 16.0 Å². The van der Waals surface area contributed by atoms with Crippen LogP contribution in [0.15, 0.2) is 18.2 Å². The highest BCUT2D eigenvalue weighted by Crippen LogP contribution is 2.45. The number of piperazine rings is 1. The van der Waals surface area contributed by atoms with Crippen molar-refractivity contribution in [1.29, 1.82) is 0 Å². The van der Waals surface area contributed by atoms with E-state index in [2.05, 4.69) is 5.32 Å². The average molecular weight is 402 g/mol. The molecule has 4 rings (SSSR count). The van der Waals surface area contributed by atoms with Gasteiger partial charge in [0, 0.05) is 30.8 Å². The molecule has 3 atom stereocenters. The maximum absolute atomic E-state index is 13.6. The molecule has 0 aromatic heterocycles. The number of carbonyl (C=O) groups excluding carboxylic acids is 3. The Kier molecular flexibility index (Phi) is 4.53. The van der Waals surface area contributed by atoms with Crippen LogP contribution in [0.3, 0.4) is 0 Å². The van der Waals surface area contributed by atoms with Crippen molar-refractivity contribution in [1.82, 2.24) is 10.2 Å². The number of quaternary nitrogens is 1. The number of amides is 4. The van der Waals surface area contributed by atoms with Crippen LogP contribution in [0.25, 0.3) is 0 Å². The number of nitrogens with one attached hydrogen (secondary N) is 2. The van der Waals surface area contributed by atoms with Crippen LogP contribution in [0, 0.1) is 15.5 Å². The molecule has 0 radical (unpaired) electrons. The van der Waals surface area contributed by atoms with Gasteiger partial charge in [-0.05, 0) is 18.1 Å². The molecule has 1 aromatic rings. The topological polar surface area (TPSA) is 117 Å². The van der Waals surface area contributed by atoms with Gasteiger partial charge in [0.25, 0.3) is 5.69 Å². The van der Waals surface area contributed by atoms with E-state index >= 15 is 0 Å². The molecule has 29 heavy (non-hydrogen) atoms. The van der Waals surface area contributed by atoms with Crippen LogP contribution < -0.4 is 15.1 Å². The summed E-state index contributed by atoms with van der Waals surface area (Å²) in [6.45, 7) is 4.07. The van der Waals surface area contributed by atoms with Gasteiger partial charge in [0.1, 0.15) is 6.04 Å². The number of benzene rings is 1. The number of urea groups is 1. The normalized spacial score (nSPS) is 28.8. The number of barbiturate groups is 1. The second kappa shape index (κ2) is 6.80. The van der Waals surface area contributed by atoms with Crippen LogP contribution >= 0.6 is 0 Å². The second-order valence-corrected chi connectivity index (χ2v) is 8.05. The van der Waals surface area contributed by atoms with Crippen molar-refractivity contribution in [2.24, 2.45) is 5.41 Å². The number of imide groups is 2. The van der Waals surface area contributed by atoms with Crippen LogP contribution in [0.2, 0.25) is 0 Å². The number of likely N-dealkylation sites (N-methyl/N-ethyl adjacent to an activating group) is 1. The van der Waals surface area contributed by atoms with E-state index in [0.29, 0.717) is 25.1 Å². The fraction of sp³-hybridized carbons (Fsp3) is 0.526. The number of nitro benzene ring substituents is 1. The number of nitrogens with zero attached hydrogens (tertiary/aromatic N) is 3. The maximum atomic E-state index is 13.6. The van der Waals surface area contributed by atoms with Crippen LogP contribution in [0.4, 0.5) is 16.2 Å². The summed E-state index contributed by atoms with van der Waals surface area (Å²) >= 11 is 0. The third-order valence-corrected chi connectivity index (χ3v) is 6.26. The van der Waals surface area contributed by atoms with Gasteiger partial charge in [0.2, 0.25) is 11.8 Å². The smallest absolute Gasteiger partial charge is 0.330 e. The fourth-order valence-corrected chi connectivity index (χ4v) is 4.85. The molecule has 1 aromatic carbocycles. The number of fused-ring (bicyclic) bond motifs is 4. The molecule has 3 aliphatic heterocycles. The molecule has 1 unspecified atom stereocenters. The maximum Gasteiger partial charge on any atom is 0.330 e. The largest absolute Gasteiger partial charge is 0.355 e. The number of hydrogen-bond acceptors (Lipinski definition) is 6. The van der Waals surface area contributed by atoms with E-state index in [0.717, 1.165) is 17.1 Å². The van der Waals surface area contributed by atoms with Gasteiger partial charge in [-0.15, -0.1) is 0 Å². The molecule has 154 valence electrons. The average Bonchev–Trinajstić information content (AvgIpc) is 2.68. The standard InChI is InChI=1S/C19H23N5O5/c1-3-6-23-17(26)19(16(25)20-18(23)27)10-12-9-13(24(28)29)4-5-14(12)22-8-7-21(2)11-15(19)22/h4-5,9,15H,3,6-8,10-11H2,1-2H3,(H,20,25,27)/p+1/t15-,19-/m1/s1. The Morgan fingerprint density at radius 2 is 2.10 bits per heavy atom. The first-order valence-electron chi connectivity index (χ1n) is 9.82. The molecule has 2 N–H and O–H groups in total. The molecule has 3 heterocycles. The molecule has 0 bridgehead atoms. The summed E-state index contributed by atoms with van der Waals surface area (Å²) in [5, 5.41) is 13.7. The molecule has 10 heteroatoms. The van der Waals surface area contributed by atoms with E-state index < -0.39 is 34.2 Å². The summed E-state index contributed by atoms with van der Waals surface area (Å²) in [5.74, 6) is -1.11. The zero-order valence-corrected chi connectivity index (χ0v) is 16.4. The van der Waals surface area contributed by atoms with Crippen molar-refractivity contribution in [2.45, 2.75) is 25.8 Å². The first-order chi connectivity index (χ1) is 13.8. The second-order valence-electron chi connectivity index (χ2n) is 8.05. The summed E-state index contributed by atoms with van der Waals surface area (Å²) in [5.41, 5.74) is -0.155. The SMILES string of the molecule is CCCN1C(=O)NC(=O)[C@]2(Cc3cc([N+](=O)[O-])ccc3N3CC[NH+](C)C[C@@H]32)C1=O. The Bertz CT molecular complexity index is 918. The van der Waals surface area contributed by atoms with Crippen molar-refractivity contribution >= 4 is 29.2 Å². The summed E-state index contributed by atoms with van der Waals surface area (Å²) in [6, 6.07) is 3.48. The van der Waals surface area contributed by atoms with Gasteiger partial charge in [-0.3, -0.25) is 29.9 Å². The van der Waals surface area contributed by atoms with Gasteiger partial charge in [-0.25, -0.2) is 4.79 Å². The molecule has 10 nitrogen and oxygen atoms in total. The van der Waals surface area contributed by atoms with Gasteiger partial charge in [0.05, 0.1) is 31.6 Å². The first-order valence-corrected chi connectivity index (χ1v) is 9.82. The lowest BCUT2D eigenvalue weighted by Crippen LogP contribution is -3.14. The molecule has 0 aliphatic carbocycles. The third-order valence-electron chi connectivity index (χ3n) is 6.26. The van der Waals surface area contributed by atoms with Crippen molar-refractivity contribution in [3.05, 3.63) is 33.9 Å². The molecular weight excluding hydrogens is 378 g/mol. The quantitative estimate of drug-likeness (QED) is 0.393. The van der Waals surface area contributed by atoms with E-state index in [9.17, 15) is 24.5 Å². The Labute approximate surface area is 167 Å². The van der Waals surface area contributed by atoms with E-state index in [1.807, 2.05) is 18.9 Å². The van der Waals surface area contributed by atoms with Crippen molar-refractivity contribution < 1.29 is 24.2 Å².